The van der Waals surface area contributed by atoms with E-state index in [-0.39, 0.29) is 18.4 Å². The van der Waals surface area contributed by atoms with Crippen LogP contribution < -0.4 is 5.32 Å². The van der Waals surface area contributed by atoms with Crippen molar-refractivity contribution >= 4 is 45.2 Å². The van der Waals surface area contributed by atoms with Crippen molar-refractivity contribution in [3.63, 3.8) is 0 Å². The molecule has 0 fully saturated rings. The quantitative estimate of drug-likeness (QED) is 0.404. The summed E-state index contributed by atoms with van der Waals surface area (Å²) in [7, 11) is 0. The van der Waals surface area contributed by atoms with Crippen LogP contribution in [0.3, 0.4) is 0 Å². The van der Waals surface area contributed by atoms with Gasteiger partial charge in [-0.15, -0.1) is 11.3 Å². The molecule has 2 aromatic heterocycles. The van der Waals surface area contributed by atoms with E-state index >= 15 is 0 Å². The average molecular weight is 512 g/mol. The van der Waals surface area contributed by atoms with Crippen molar-refractivity contribution in [2.24, 2.45) is 11.3 Å². The molecule has 1 aliphatic rings. The van der Waals surface area contributed by atoms with Crippen LogP contribution in [0.1, 0.15) is 78.6 Å². The van der Waals surface area contributed by atoms with Gasteiger partial charge in [-0.2, -0.15) is 0 Å². The molecule has 2 unspecified atom stereocenters. The number of benzene rings is 1. The SMILES string of the molecule is CCOC(=O)c1c(NC(=O)C(CC)OC(=O)c2ccc3nc[nH]c3c2)sc2c1CCC(C(C)(C)C)C2. The summed E-state index contributed by atoms with van der Waals surface area (Å²) >= 11 is 1.43. The number of H-pyrrole nitrogens is 1. The van der Waals surface area contributed by atoms with E-state index in [9.17, 15) is 14.4 Å². The van der Waals surface area contributed by atoms with Gasteiger partial charge in [-0.1, -0.05) is 27.7 Å². The third-order valence-electron chi connectivity index (χ3n) is 6.77. The van der Waals surface area contributed by atoms with Gasteiger partial charge in [0.2, 0.25) is 0 Å². The minimum Gasteiger partial charge on any atom is -0.462 e. The number of aromatic amines is 1. The van der Waals surface area contributed by atoms with Gasteiger partial charge in [0.15, 0.2) is 6.10 Å². The molecule has 8 nitrogen and oxygen atoms in total. The molecular weight excluding hydrogens is 478 g/mol. The van der Waals surface area contributed by atoms with Crippen LogP contribution in [0.15, 0.2) is 24.5 Å². The van der Waals surface area contributed by atoms with Gasteiger partial charge in [-0.3, -0.25) is 4.79 Å². The molecular formula is C27H33N3O5S. The largest absolute Gasteiger partial charge is 0.462 e. The second kappa shape index (κ2) is 10.4. The Labute approximate surface area is 214 Å². The lowest BCUT2D eigenvalue weighted by Gasteiger charge is -2.33. The first kappa shape index (κ1) is 25.9. The number of nitrogens with one attached hydrogen (secondary N) is 2. The molecule has 2 heterocycles. The number of imidazole rings is 1. The van der Waals surface area contributed by atoms with E-state index in [1.54, 1.807) is 38.4 Å². The molecule has 3 aromatic rings. The van der Waals surface area contributed by atoms with Crippen LogP contribution in [-0.2, 0) is 27.1 Å². The third-order valence-corrected chi connectivity index (χ3v) is 7.94. The van der Waals surface area contributed by atoms with Crippen LogP contribution in [0.2, 0.25) is 0 Å². The van der Waals surface area contributed by atoms with Gasteiger partial charge in [-0.25, -0.2) is 14.6 Å². The van der Waals surface area contributed by atoms with Crippen molar-refractivity contribution in [3.05, 3.63) is 46.1 Å². The minimum absolute atomic E-state index is 0.149. The molecule has 1 aliphatic carbocycles. The van der Waals surface area contributed by atoms with Gasteiger partial charge in [0.25, 0.3) is 5.91 Å². The average Bonchev–Trinajstić information content (AvgIpc) is 3.44. The van der Waals surface area contributed by atoms with Crippen LogP contribution >= 0.6 is 11.3 Å². The highest BCUT2D eigenvalue weighted by atomic mass is 32.1. The molecule has 1 amide bonds. The van der Waals surface area contributed by atoms with Gasteiger partial charge in [0.05, 0.1) is 35.1 Å². The molecule has 192 valence electrons. The number of rotatable bonds is 7. The number of fused-ring (bicyclic) bond motifs is 2. The zero-order chi connectivity index (χ0) is 26.0. The van der Waals surface area contributed by atoms with Crippen molar-refractivity contribution in [1.82, 2.24) is 9.97 Å². The molecule has 9 heteroatoms. The van der Waals surface area contributed by atoms with Crippen molar-refractivity contribution in [2.45, 2.75) is 66.4 Å². The first-order valence-electron chi connectivity index (χ1n) is 12.4. The monoisotopic (exact) mass is 511 g/mol. The lowest BCUT2D eigenvalue weighted by atomic mass is 9.72. The van der Waals surface area contributed by atoms with Gasteiger partial charge in [0.1, 0.15) is 5.00 Å². The number of esters is 2. The summed E-state index contributed by atoms with van der Waals surface area (Å²) < 4.78 is 10.9. The van der Waals surface area contributed by atoms with Crippen LogP contribution in [0, 0.1) is 11.3 Å². The summed E-state index contributed by atoms with van der Waals surface area (Å²) in [6, 6.07) is 4.98. The smallest absolute Gasteiger partial charge is 0.341 e. The lowest BCUT2D eigenvalue weighted by molar-refractivity contribution is -0.124. The highest BCUT2D eigenvalue weighted by Gasteiger charge is 2.35. The molecule has 2 atom stereocenters. The number of thiophene rings is 1. The molecule has 0 saturated carbocycles. The van der Waals surface area contributed by atoms with Gasteiger partial charge in [0, 0.05) is 4.88 Å². The summed E-state index contributed by atoms with van der Waals surface area (Å²) in [5.41, 5.74) is 3.31. The van der Waals surface area contributed by atoms with E-state index in [0.717, 1.165) is 35.2 Å². The second-order valence-corrected chi connectivity index (χ2v) is 11.3. The van der Waals surface area contributed by atoms with Crippen LogP contribution in [0.25, 0.3) is 11.0 Å². The summed E-state index contributed by atoms with van der Waals surface area (Å²) in [6.45, 7) is 10.5. The van der Waals surface area contributed by atoms with Gasteiger partial charge >= 0.3 is 11.9 Å². The number of ether oxygens (including phenoxy) is 2. The first-order chi connectivity index (χ1) is 17.1. The van der Waals surface area contributed by atoms with Crippen LogP contribution in [-0.4, -0.2) is 40.5 Å². The normalized spacial score (nSPS) is 16.3. The van der Waals surface area contributed by atoms with E-state index in [1.807, 2.05) is 0 Å². The van der Waals surface area contributed by atoms with Crippen molar-refractivity contribution < 1.29 is 23.9 Å². The molecule has 0 radical (unpaired) electrons. The Kier molecular flexibility index (Phi) is 7.49. The van der Waals surface area contributed by atoms with Gasteiger partial charge < -0.3 is 19.8 Å². The Hall–Kier alpha value is -3.20. The van der Waals surface area contributed by atoms with Gasteiger partial charge in [-0.05, 0) is 67.7 Å². The summed E-state index contributed by atoms with van der Waals surface area (Å²) in [4.78, 5) is 47.1. The number of hydrogen-bond donors (Lipinski definition) is 2. The van der Waals surface area contributed by atoms with E-state index in [2.05, 4.69) is 36.1 Å². The summed E-state index contributed by atoms with van der Waals surface area (Å²) in [5, 5.41) is 3.34. The zero-order valence-electron chi connectivity index (χ0n) is 21.4. The molecule has 0 spiro atoms. The Balaban J connectivity index is 1.55. The zero-order valence-corrected chi connectivity index (χ0v) is 22.2. The minimum atomic E-state index is -1.01. The molecule has 36 heavy (non-hydrogen) atoms. The predicted molar refractivity (Wildman–Crippen MR) is 139 cm³/mol. The van der Waals surface area contributed by atoms with Crippen LogP contribution in [0.5, 0.6) is 0 Å². The number of carbonyl (C=O) groups is 3. The molecule has 2 N–H and O–H groups in total. The standard InChI is InChI=1S/C27H33N3O5S/c1-6-20(35-25(32)15-8-11-18-19(12-15)29-14-28-18)23(31)30-24-22(26(33)34-7-2)17-10-9-16(27(3,4)5)13-21(17)36-24/h8,11-12,14,16,20H,6-7,9-10,13H2,1-5H3,(H,28,29)(H,30,31). The maximum Gasteiger partial charge on any atom is 0.341 e. The molecule has 4 rings (SSSR count). The number of aromatic nitrogens is 2. The topological polar surface area (TPSA) is 110 Å². The van der Waals surface area contributed by atoms with Crippen LogP contribution in [0.4, 0.5) is 5.00 Å². The van der Waals surface area contributed by atoms with E-state index < -0.39 is 23.9 Å². The highest BCUT2D eigenvalue weighted by molar-refractivity contribution is 7.17. The second-order valence-electron chi connectivity index (χ2n) is 10.2. The van der Waals surface area contributed by atoms with E-state index in [4.69, 9.17) is 9.47 Å². The Morgan fingerprint density at radius 1 is 1.22 bits per heavy atom. The Morgan fingerprint density at radius 3 is 2.69 bits per heavy atom. The van der Waals surface area contributed by atoms with E-state index in [1.165, 1.54) is 11.3 Å². The highest BCUT2D eigenvalue weighted by Crippen LogP contribution is 2.44. The van der Waals surface area contributed by atoms with E-state index in [0.29, 0.717) is 27.6 Å². The molecule has 0 aliphatic heterocycles. The summed E-state index contributed by atoms with van der Waals surface area (Å²) in [5.74, 6) is -1.01. The summed E-state index contributed by atoms with van der Waals surface area (Å²) in [6.07, 6.45) is 3.42. The number of nitrogens with zero attached hydrogens (tertiary/aromatic N) is 1. The number of anilines is 1. The Morgan fingerprint density at radius 2 is 2.00 bits per heavy atom. The number of carbonyl (C=O) groups excluding carboxylic acids is 3. The predicted octanol–water partition coefficient (Wildman–Crippen LogP) is 5.53. The van der Waals surface area contributed by atoms with Crippen molar-refractivity contribution in [3.8, 4) is 0 Å². The molecule has 0 saturated heterocycles. The lowest BCUT2D eigenvalue weighted by Crippen LogP contribution is -2.32. The van der Waals surface area contributed by atoms with Crippen molar-refractivity contribution in [2.75, 3.05) is 11.9 Å². The Bertz CT molecular complexity index is 1290. The molecule has 0 bridgehead atoms. The number of amides is 1. The van der Waals surface area contributed by atoms with Crippen molar-refractivity contribution in [1.29, 1.82) is 0 Å². The maximum absolute atomic E-state index is 13.2. The maximum atomic E-state index is 13.2. The fourth-order valence-electron chi connectivity index (χ4n) is 4.61. The fourth-order valence-corrected chi connectivity index (χ4v) is 5.93. The third kappa shape index (κ3) is 5.31. The first-order valence-corrected chi connectivity index (χ1v) is 13.2. The number of hydrogen-bond acceptors (Lipinski definition) is 7. The molecule has 1 aromatic carbocycles. The fraction of sp³-hybridized carbons (Fsp3) is 0.481.